The summed E-state index contributed by atoms with van der Waals surface area (Å²) in [6.45, 7) is 7.00. The standard InChI is InChI=1S/C20H31ClN2O2S/c1-16(2)26(24,25)23-13-10-18(11-14-23)20-5-3-4-12-22(20)15-17-6-8-19(21)9-7-17/h6-9,16,18,20H,3-5,10-15H2,1-2H3. The number of nitrogens with zero attached hydrogens (tertiary/aromatic N) is 2. The lowest BCUT2D eigenvalue weighted by atomic mass is 9.84. The summed E-state index contributed by atoms with van der Waals surface area (Å²) < 4.78 is 26.5. The normalized spacial score (nSPS) is 24.2. The fourth-order valence-electron chi connectivity index (χ4n) is 4.38. The number of hydrogen-bond acceptors (Lipinski definition) is 3. The molecule has 2 aliphatic heterocycles. The quantitative estimate of drug-likeness (QED) is 0.748. The third-order valence-corrected chi connectivity index (χ3v) is 8.49. The van der Waals surface area contributed by atoms with Crippen LogP contribution in [0, 0.1) is 5.92 Å². The highest BCUT2D eigenvalue weighted by Gasteiger charge is 2.35. The van der Waals surface area contributed by atoms with E-state index in [4.69, 9.17) is 11.6 Å². The highest BCUT2D eigenvalue weighted by Crippen LogP contribution is 2.32. The Kier molecular flexibility index (Phi) is 6.65. The molecule has 146 valence electrons. The van der Waals surface area contributed by atoms with Gasteiger partial charge in [-0.15, -0.1) is 0 Å². The van der Waals surface area contributed by atoms with Gasteiger partial charge in [-0.3, -0.25) is 4.90 Å². The van der Waals surface area contributed by atoms with Crippen molar-refractivity contribution < 1.29 is 8.42 Å². The van der Waals surface area contributed by atoms with Crippen LogP contribution >= 0.6 is 11.6 Å². The molecule has 1 atom stereocenters. The van der Waals surface area contributed by atoms with Gasteiger partial charge < -0.3 is 0 Å². The van der Waals surface area contributed by atoms with Crippen LogP contribution in [0.5, 0.6) is 0 Å². The number of benzene rings is 1. The smallest absolute Gasteiger partial charge is 0.216 e. The van der Waals surface area contributed by atoms with Crippen molar-refractivity contribution in [3.8, 4) is 0 Å². The number of likely N-dealkylation sites (tertiary alicyclic amines) is 1. The molecular weight excluding hydrogens is 368 g/mol. The van der Waals surface area contributed by atoms with E-state index >= 15 is 0 Å². The summed E-state index contributed by atoms with van der Waals surface area (Å²) in [6, 6.07) is 8.73. The molecule has 3 rings (SSSR count). The summed E-state index contributed by atoms with van der Waals surface area (Å²) in [4.78, 5) is 2.62. The molecule has 0 N–H and O–H groups in total. The molecule has 2 heterocycles. The van der Waals surface area contributed by atoms with Crippen molar-refractivity contribution in [2.75, 3.05) is 19.6 Å². The van der Waals surface area contributed by atoms with Gasteiger partial charge in [0.25, 0.3) is 0 Å². The molecule has 2 saturated heterocycles. The maximum absolute atomic E-state index is 12.4. The Bertz CT molecular complexity index is 682. The van der Waals surface area contributed by atoms with Crippen LogP contribution in [0.25, 0.3) is 0 Å². The van der Waals surface area contributed by atoms with Gasteiger partial charge in [-0.1, -0.05) is 30.2 Å². The minimum atomic E-state index is -3.11. The molecule has 0 aromatic heterocycles. The number of halogens is 1. The molecule has 0 aliphatic carbocycles. The molecule has 0 saturated carbocycles. The van der Waals surface area contributed by atoms with Crippen LogP contribution in [0.15, 0.2) is 24.3 Å². The first-order valence-corrected chi connectivity index (χ1v) is 11.7. The summed E-state index contributed by atoms with van der Waals surface area (Å²) >= 11 is 6.01. The summed E-state index contributed by atoms with van der Waals surface area (Å²) in [6.07, 6.45) is 5.73. The number of sulfonamides is 1. The van der Waals surface area contributed by atoms with Crippen LogP contribution in [0.1, 0.15) is 51.5 Å². The van der Waals surface area contributed by atoms with Gasteiger partial charge in [0.2, 0.25) is 10.0 Å². The summed E-state index contributed by atoms with van der Waals surface area (Å²) in [5.41, 5.74) is 1.31. The molecule has 2 aliphatic rings. The largest absolute Gasteiger partial charge is 0.296 e. The SMILES string of the molecule is CC(C)S(=O)(=O)N1CCC(C2CCCCN2Cc2ccc(Cl)cc2)CC1. The molecule has 4 nitrogen and oxygen atoms in total. The Balaban J connectivity index is 1.63. The van der Waals surface area contributed by atoms with E-state index in [1.807, 2.05) is 12.1 Å². The van der Waals surface area contributed by atoms with Crippen molar-refractivity contribution in [2.24, 2.45) is 5.92 Å². The van der Waals surface area contributed by atoms with Gasteiger partial charge >= 0.3 is 0 Å². The molecule has 0 bridgehead atoms. The summed E-state index contributed by atoms with van der Waals surface area (Å²) in [5.74, 6) is 0.598. The van der Waals surface area contributed by atoms with E-state index in [1.165, 1.54) is 24.8 Å². The summed E-state index contributed by atoms with van der Waals surface area (Å²) in [5, 5.41) is 0.456. The monoisotopic (exact) mass is 398 g/mol. The average molecular weight is 399 g/mol. The van der Waals surface area contributed by atoms with Gasteiger partial charge in [0.15, 0.2) is 0 Å². The number of hydrogen-bond donors (Lipinski definition) is 0. The third-order valence-electron chi connectivity index (χ3n) is 5.96. The molecule has 0 spiro atoms. The van der Waals surface area contributed by atoms with Crippen LogP contribution in [-0.2, 0) is 16.6 Å². The number of rotatable bonds is 5. The van der Waals surface area contributed by atoms with Crippen molar-refractivity contribution in [3.63, 3.8) is 0 Å². The highest BCUT2D eigenvalue weighted by atomic mass is 35.5. The van der Waals surface area contributed by atoms with Crippen LogP contribution in [0.2, 0.25) is 5.02 Å². The molecule has 0 radical (unpaired) electrons. The third kappa shape index (κ3) is 4.61. The van der Waals surface area contributed by atoms with Crippen molar-refractivity contribution >= 4 is 21.6 Å². The second-order valence-electron chi connectivity index (χ2n) is 7.99. The first kappa shape index (κ1) is 20.1. The van der Waals surface area contributed by atoms with Gasteiger partial charge in [0, 0.05) is 30.7 Å². The van der Waals surface area contributed by atoms with E-state index in [2.05, 4.69) is 17.0 Å². The zero-order valence-corrected chi connectivity index (χ0v) is 17.5. The Labute approximate surface area is 163 Å². The van der Waals surface area contributed by atoms with E-state index in [1.54, 1.807) is 18.2 Å². The molecule has 6 heteroatoms. The minimum Gasteiger partial charge on any atom is -0.296 e. The molecule has 0 amide bonds. The predicted octanol–water partition coefficient (Wildman–Crippen LogP) is 4.14. The second-order valence-corrected chi connectivity index (χ2v) is 10.9. The van der Waals surface area contributed by atoms with E-state index in [9.17, 15) is 8.42 Å². The van der Waals surface area contributed by atoms with Crippen molar-refractivity contribution in [1.29, 1.82) is 0 Å². The van der Waals surface area contributed by atoms with Gasteiger partial charge in [-0.05, 0) is 69.7 Å². The Morgan fingerprint density at radius 3 is 2.31 bits per heavy atom. The van der Waals surface area contributed by atoms with Gasteiger partial charge in [0.1, 0.15) is 0 Å². The van der Waals surface area contributed by atoms with E-state index in [-0.39, 0.29) is 5.25 Å². The van der Waals surface area contributed by atoms with Crippen molar-refractivity contribution in [1.82, 2.24) is 9.21 Å². The maximum Gasteiger partial charge on any atom is 0.216 e. The first-order chi connectivity index (χ1) is 12.4. The topological polar surface area (TPSA) is 40.6 Å². The predicted molar refractivity (Wildman–Crippen MR) is 108 cm³/mol. The molecule has 1 unspecified atom stereocenters. The van der Waals surface area contributed by atoms with Gasteiger partial charge in [-0.25, -0.2) is 12.7 Å². The fraction of sp³-hybridized carbons (Fsp3) is 0.700. The highest BCUT2D eigenvalue weighted by molar-refractivity contribution is 7.89. The van der Waals surface area contributed by atoms with Crippen LogP contribution in [0.4, 0.5) is 0 Å². The summed E-state index contributed by atoms with van der Waals surface area (Å²) in [7, 11) is -3.11. The van der Waals surface area contributed by atoms with Gasteiger partial charge in [0.05, 0.1) is 5.25 Å². The van der Waals surface area contributed by atoms with E-state index < -0.39 is 10.0 Å². The van der Waals surface area contributed by atoms with Crippen LogP contribution < -0.4 is 0 Å². The number of piperidine rings is 2. The maximum atomic E-state index is 12.4. The molecule has 26 heavy (non-hydrogen) atoms. The minimum absolute atomic E-state index is 0.324. The van der Waals surface area contributed by atoms with Gasteiger partial charge in [-0.2, -0.15) is 0 Å². The average Bonchev–Trinajstić information content (AvgIpc) is 2.64. The van der Waals surface area contributed by atoms with E-state index in [0.29, 0.717) is 25.0 Å². The Hall–Kier alpha value is -0.620. The fourth-order valence-corrected chi connectivity index (χ4v) is 5.83. The van der Waals surface area contributed by atoms with Crippen molar-refractivity contribution in [3.05, 3.63) is 34.9 Å². The lowest BCUT2D eigenvalue weighted by Gasteiger charge is -2.43. The van der Waals surface area contributed by atoms with E-state index in [0.717, 1.165) is 31.0 Å². The Morgan fingerprint density at radius 1 is 1.04 bits per heavy atom. The molecule has 1 aromatic carbocycles. The lowest BCUT2D eigenvalue weighted by Crippen LogP contribution is -2.49. The lowest BCUT2D eigenvalue weighted by molar-refractivity contribution is 0.0683. The van der Waals surface area contributed by atoms with Crippen LogP contribution in [-0.4, -0.2) is 48.5 Å². The second kappa shape index (κ2) is 8.59. The first-order valence-electron chi connectivity index (χ1n) is 9.85. The van der Waals surface area contributed by atoms with Crippen LogP contribution in [0.3, 0.4) is 0 Å². The molecular formula is C20H31ClN2O2S. The molecule has 2 fully saturated rings. The molecule has 1 aromatic rings. The van der Waals surface area contributed by atoms with Crippen molar-refractivity contribution in [2.45, 2.75) is 63.8 Å². The Morgan fingerprint density at radius 2 is 1.69 bits per heavy atom. The zero-order valence-electron chi connectivity index (χ0n) is 15.9. The zero-order chi connectivity index (χ0) is 18.7.